The molecule has 0 bridgehead atoms. The van der Waals surface area contributed by atoms with Gasteiger partial charge in [0, 0.05) is 11.3 Å². The van der Waals surface area contributed by atoms with Gasteiger partial charge in [0.25, 0.3) is 5.91 Å². The molecule has 0 saturated carbocycles. The Morgan fingerprint density at radius 1 is 1.21 bits per heavy atom. The molecule has 2 aromatic rings. The van der Waals surface area contributed by atoms with E-state index < -0.39 is 0 Å². The molecule has 19 heavy (non-hydrogen) atoms. The number of phenols is 1. The zero-order chi connectivity index (χ0) is 13.7. The van der Waals surface area contributed by atoms with E-state index in [-0.39, 0.29) is 11.7 Å². The van der Waals surface area contributed by atoms with Crippen molar-refractivity contribution < 1.29 is 9.90 Å². The third-order valence-electron chi connectivity index (χ3n) is 2.40. The number of rotatable bonds is 3. The normalized spacial score (nSPS) is 10.5. The number of hydrazone groups is 1. The summed E-state index contributed by atoms with van der Waals surface area (Å²) >= 11 is 0. The van der Waals surface area contributed by atoms with Crippen LogP contribution in [0.3, 0.4) is 0 Å². The standard InChI is InChI=1S/C14H13N3O2/c15-12-5-2-4-11(8-12)14(19)17-16-9-10-3-1-6-13(18)7-10/h1-9,18H,15H2,(H,17,19)/b16-9+. The molecule has 0 radical (unpaired) electrons. The largest absolute Gasteiger partial charge is 0.508 e. The summed E-state index contributed by atoms with van der Waals surface area (Å²) in [5.74, 6) is -0.199. The lowest BCUT2D eigenvalue weighted by Gasteiger charge is -2.00. The van der Waals surface area contributed by atoms with Gasteiger partial charge in [-0.1, -0.05) is 18.2 Å². The van der Waals surface area contributed by atoms with Crippen LogP contribution in [-0.2, 0) is 0 Å². The maximum atomic E-state index is 11.7. The molecule has 0 aliphatic carbocycles. The number of hydrogen-bond donors (Lipinski definition) is 3. The second-order valence-corrected chi connectivity index (χ2v) is 3.92. The van der Waals surface area contributed by atoms with Crippen LogP contribution in [-0.4, -0.2) is 17.2 Å². The SMILES string of the molecule is Nc1cccc(C(=O)N/N=C/c2cccc(O)c2)c1. The van der Waals surface area contributed by atoms with E-state index in [1.807, 2.05) is 0 Å². The summed E-state index contributed by atoms with van der Waals surface area (Å²) in [4.78, 5) is 11.7. The molecule has 96 valence electrons. The lowest BCUT2D eigenvalue weighted by atomic mass is 10.2. The Labute approximate surface area is 110 Å². The van der Waals surface area contributed by atoms with E-state index >= 15 is 0 Å². The van der Waals surface area contributed by atoms with E-state index in [9.17, 15) is 9.90 Å². The van der Waals surface area contributed by atoms with Crippen molar-refractivity contribution in [2.24, 2.45) is 5.10 Å². The minimum absolute atomic E-state index is 0.145. The number of carbonyl (C=O) groups is 1. The maximum absolute atomic E-state index is 11.7. The highest BCUT2D eigenvalue weighted by Crippen LogP contribution is 2.09. The molecule has 0 aliphatic rings. The summed E-state index contributed by atoms with van der Waals surface area (Å²) in [6.07, 6.45) is 1.45. The minimum atomic E-state index is -0.344. The molecule has 0 unspecified atom stereocenters. The van der Waals surface area contributed by atoms with Crippen LogP contribution in [0.2, 0.25) is 0 Å². The molecule has 2 aromatic carbocycles. The first kappa shape index (κ1) is 12.6. The second kappa shape index (κ2) is 5.68. The highest BCUT2D eigenvalue weighted by molar-refractivity contribution is 5.95. The monoisotopic (exact) mass is 255 g/mol. The smallest absolute Gasteiger partial charge is 0.271 e. The Morgan fingerprint density at radius 3 is 2.74 bits per heavy atom. The van der Waals surface area contributed by atoms with E-state index in [4.69, 9.17) is 5.73 Å². The van der Waals surface area contributed by atoms with Crippen LogP contribution in [0.25, 0.3) is 0 Å². The van der Waals surface area contributed by atoms with Crippen LogP contribution in [0.1, 0.15) is 15.9 Å². The zero-order valence-corrected chi connectivity index (χ0v) is 10.1. The molecule has 0 saturated heterocycles. The molecular weight excluding hydrogens is 242 g/mol. The Hall–Kier alpha value is -2.82. The van der Waals surface area contributed by atoms with E-state index in [1.165, 1.54) is 12.3 Å². The average Bonchev–Trinajstić information content (AvgIpc) is 2.38. The average molecular weight is 255 g/mol. The van der Waals surface area contributed by atoms with Crippen LogP contribution in [0.5, 0.6) is 5.75 Å². The van der Waals surface area contributed by atoms with Gasteiger partial charge in [-0.25, -0.2) is 5.43 Å². The summed E-state index contributed by atoms with van der Waals surface area (Å²) in [6, 6.07) is 13.2. The van der Waals surface area contributed by atoms with Gasteiger partial charge >= 0.3 is 0 Å². The van der Waals surface area contributed by atoms with Crippen molar-refractivity contribution >= 4 is 17.8 Å². The predicted molar refractivity (Wildman–Crippen MR) is 74.0 cm³/mol. The predicted octanol–water partition coefficient (Wildman–Crippen LogP) is 1.74. The lowest BCUT2D eigenvalue weighted by molar-refractivity contribution is 0.0955. The van der Waals surface area contributed by atoms with Crippen molar-refractivity contribution in [3.63, 3.8) is 0 Å². The van der Waals surface area contributed by atoms with Gasteiger partial charge in [0.1, 0.15) is 5.75 Å². The molecule has 5 nitrogen and oxygen atoms in total. The van der Waals surface area contributed by atoms with Gasteiger partial charge in [0.05, 0.1) is 6.21 Å². The van der Waals surface area contributed by atoms with E-state index in [0.717, 1.165) is 0 Å². The number of nitrogens with zero attached hydrogens (tertiary/aromatic N) is 1. The lowest BCUT2D eigenvalue weighted by Crippen LogP contribution is -2.17. The van der Waals surface area contributed by atoms with Gasteiger partial charge in [-0.15, -0.1) is 0 Å². The summed E-state index contributed by atoms with van der Waals surface area (Å²) in [6.45, 7) is 0. The fraction of sp³-hybridized carbons (Fsp3) is 0. The highest BCUT2D eigenvalue weighted by Gasteiger charge is 2.03. The molecule has 0 heterocycles. The van der Waals surface area contributed by atoms with Crippen LogP contribution in [0, 0.1) is 0 Å². The number of hydrogen-bond acceptors (Lipinski definition) is 4. The molecule has 1 amide bonds. The minimum Gasteiger partial charge on any atom is -0.508 e. The number of nitrogens with one attached hydrogen (secondary N) is 1. The first-order valence-corrected chi connectivity index (χ1v) is 5.63. The van der Waals surface area contributed by atoms with E-state index in [2.05, 4.69) is 10.5 Å². The number of phenolic OH excluding ortho intramolecular Hbond substituents is 1. The second-order valence-electron chi connectivity index (χ2n) is 3.92. The van der Waals surface area contributed by atoms with Gasteiger partial charge in [-0.05, 0) is 35.9 Å². The molecule has 4 N–H and O–H groups in total. The Kier molecular flexibility index (Phi) is 3.78. The number of benzene rings is 2. The maximum Gasteiger partial charge on any atom is 0.271 e. The number of nitrogen functional groups attached to an aromatic ring is 1. The first-order chi connectivity index (χ1) is 9.15. The van der Waals surface area contributed by atoms with Crippen molar-refractivity contribution in [3.8, 4) is 5.75 Å². The number of carbonyl (C=O) groups excluding carboxylic acids is 1. The molecule has 2 rings (SSSR count). The van der Waals surface area contributed by atoms with Gasteiger partial charge in [0.15, 0.2) is 0 Å². The molecule has 0 atom stereocenters. The molecule has 0 fully saturated rings. The summed E-state index contributed by atoms with van der Waals surface area (Å²) in [5, 5.41) is 13.1. The number of nitrogens with two attached hydrogens (primary N) is 1. The van der Waals surface area contributed by atoms with Crippen LogP contribution < -0.4 is 11.2 Å². The van der Waals surface area contributed by atoms with Gasteiger partial charge < -0.3 is 10.8 Å². The number of anilines is 1. The Morgan fingerprint density at radius 2 is 2.00 bits per heavy atom. The van der Waals surface area contributed by atoms with Crippen molar-refractivity contribution in [1.29, 1.82) is 0 Å². The van der Waals surface area contributed by atoms with Crippen LogP contribution in [0.4, 0.5) is 5.69 Å². The van der Waals surface area contributed by atoms with E-state index in [1.54, 1.807) is 42.5 Å². The highest BCUT2D eigenvalue weighted by atomic mass is 16.3. The van der Waals surface area contributed by atoms with Gasteiger partial charge in [0.2, 0.25) is 0 Å². The summed E-state index contributed by atoms with van der Waals surface area (Å²) in [7, 11) is 0. The van der Waals surface area contributed by atoms with Crippen molar-refractivity contribution in [1.82, 2.24) is 5.43 Å². The third-order valence-corrected chi connectivity index (χ3v) is 2.40. The van der Waals surface area contributed by atoms with Crippen molar-refractivity contribution in [2.45, 2.75) is 0 Å². The third kappa shape index (κ3) is 3.57. The van der Waals surface area contributed by atoms with Crippen molar-refractivity contribution in [3.05, 3.63) is 59.7 Å². The fourth-order valence-corrected chi connectivity index (χ4v) is 1.51. The number of aromatic hydroxyl groups is 1. The van der Waals surface area contributed by atoms with Gasteiger partial charge in [-0.2, -0.15) is 5.10 Å². The first-order valence-electron chi connectivity index (χ1n) is 5.63. The molecular formula is C14H13N3O2. The topological polar surface area (TPSA) is 87.7 Å². The van der Waals surface area contributed by atoms with E-state index in [0.29, 0.717) is 16.8 Å². The molecule has 0 aromatic heterocycles. The summed E-state index contributed by atoms with van der Waals surface area (Å²) in [5.41, 5.74) is 9.62. The number of amides is 1. The molecule has 0 aliphatic heterocycles. The Balaban J connectivity index is 2.01. The molecule has 5 heteroatoms. The summed E-state index contributed by atoms with van der Waals surface area (Å²) < 4.78 is 0. The molecule has 0 spiro atoms. The van der Waals surface area contributed by atoms with Crippen LogP contribution >= 0.6 is 0 Å². The fourth-order valence-electron chi connectivity index (χ4n) is 1.51. The quantitative estimate of drug-likeness (QED) is 0.443. The van der Waals surface area contributed by atoms with Crippen LogP contribution in [0.15, 0.2) is 53.6 Å². The Bertz CT molecular complexity index is 624. The van der Waals surface area contributed by atoms with Gasteiger partial charge in [-0.3, -0.25) is 4.79 Å². The van der Waals surface area contributed by atoms with Crippen molar-refractivity contribution in [2.75, 3.05) is 5.73 Å². The zero-order valence-electron chi connectivity index (χ0n) is 10.1.